The van der Waals surface area contributed by atoms with Crippen LogP contribution < -0.4 is 15.1 Å². The van der Waals surface area contributed by atoms with Crippen LogP contribution in [-0.2, 0) is 6.54 Å². The van der Waals surface area contributed by atoms with Gasteiger partial charge in [0.15, 0.2) is 0 Å². The molecule has 1 fully saturated rings. The molecule has 1 unspecified atom stereocenters. The Bertz CT molecular complexity index is 403. The molecule has 80 valence electrons. The number of nitrogens with one attached hydrogen (secondary N) is 1. The van der Waals surface area contributed by atoms with Crippen molar-refractivity contribution in [2.45, 2.75) is 26.3 Å². The van der Waals surface area contributed by atoms with E-state index in [0.29, 0.717) is 0 Å². The number of anilines is 1. The summed E-state index contributed by atoms with van der Waals surface area (Å²) >= 11 is 0. The zero-order chi connectivity index (χ0) is 10.4. The van der Waals surface area contributed by atoms with E-state index in [9.17, 15) is 5.11 Å². The van der Waals surface area contributed by atoms with Crippen molar-refractivity contribution in [1.29, 1.82) is 0 Å². The van der Waals surface area contributed by atoms with Gasteiger partial charge in [-0.05, 0) is 25.0 Å². The molecule has 1 aromatic rings. The summed E-state index contributed by atoms with van der Waals surface area (Å²) < 4.78 is 0. The van der Waals surface area contributed by atoms with Crippen LogP contribution >= 0.6 is 0 Å². The average Bonchev–Trinajstić information content (AvgIpc) is 2.57. The summed E-state index contributed by atoms with van der Waals surface area (Å²) in [6.07, 6.45) is 2.54. The molecule has 2 heterocycles. The smallest absolute Gasteiger partial charge is 0.127 e. The van der Waals surface area contributed by atoms with Gasteiger partial charge in [0.1, 0.15) is 6.54 Å². The van der Waals surface area contributed by atoms with Crippen molar-refractivity contribution in [1.82, 2.24) is 0 Å². The lowest BCUT2D eigenvalue weighted by Gasteiger charge is -2.30. The quantitative estimate of drug-likeness (QED) is 0.644. The van der Waals surface area contributed by atoms with Gasteiger partial charge in [0.2, 0.25) is 0 Å². The fourth-order valence-electron chi connectivity index (χ4n) is 2.75. The second-order valence-corrected chi connectivity index (χ2v) is 4.61. The summed E-state index contributed by atoms with van der Waals surface area (Å²) in [5.74, 6) is 0.229. The Hall–Kier alpha value is -1.22. The second-order valence-electron chi connectivity index (χ2n) is 4.61. The fraction of sp³-hybridized carbons (Fsp3) is 0.500. The molecule has 3 heteroatoms. The van der Waals surface area contributed by atoms with E-state index < -0.39 is 0 Å². The maximum atomic E-state index is 11.8. The third-order valence-corrected chi connectivity index (χ3v) is 3.48. The van der Waals surface area contributed by atoms with Gasteiger partial charge in [0, 0.05) is 12.0 Å². The normalized spacial score (nSPS) is 23.8. The predicted octanol–water partition coefficient (Wildman–Crippen LogP) is -0.0177. The van der Waals surface area contributed by atoms with Crippen molar-refractivity contribution in [2.24, 2.45) is 0 Å². The highest BCUT2D eigenvalue weighted by atomic mass is 16.3. The summed E-state index contributed by atoms with van der Waals surface area (Å²) in [5, 5.41) is 15.7. The van der Waals surface area contributed by atoms with Crippen LogP contribution in [0.3, 0.4) is 0 Å². The Kier molecular flexibility index (Phi) is 1.89. The monoisotopic (exact) mass is 204 g/mol. The molecule has 2 aliphatic heterocycles. The minimum absolute atomic E-state index is 0.229. The predicted molar refractivity (Wildman–Crippen MR) is 56.7 cm³/mol. The average molecular weight is 204 g/mol. The SMILES string of the molecule is Cc1cc([O-])c2c(c1)N1CCCC[NH+]1C2. The first kappa shape index (κ1) is 9.04. The van der Waals surface area contributed by atoms with Crippen molar-refractivity contribution >= 4 is 5.69 Å². The topological polar surface area (TPSA) is 30.7 Å². The highest BCUT2D eigenvalue weighted by Gasteiger charge is 2.33. The lowest BCUT2D eigenvalue weighted by atomic mass is 10.1. The first-order valence-corrected chi connectivity index (χ1v) is 5.68. The first-order valence-electron chi connectivity index (χ1n) is 5.68. The minimum atomic E-state index is 0.229. The zero-order valence-electron chi connectivity index (χ0n) is 9.05. The van der Waals surface area contributed by atoms with Gasteiger partial charge in [-0.3, -0.25) is 0 Å². The van der Waals surface area contributed by atoms with Crippen molar-refractivity contribution in [3.05, 3.63) is 23.3 Å². The molecule has 3 nitrogen and oxygen atoms in total. The molecule has 1 aromatic carbocycles. The van der Waals surface area contributed by atoms with Crippen LogP contribution in [0.4, 0.5) is 5.69 Å². The molecule has 0 saturated carbocycles. The van der Waals surface area contributed by atoms with E-state index in [2.05, 4.69) is 11.1 Å². The summed E-state index contributed by atoms with van der Waals surface area (Å²) in [6.45, 7) is 5.18. The fourth-order valence-corrected chi connectivity index (χ4v) is 2.75. The standard InChI is InChI=1S/C12H16N2O/c1-9-6-11-10(12(15)7-9)8-13-4-2-3-5-14(11)13/h6-7,15H,2-5,8H2,1H3. The van der Waals surface area contributed by atoms with Gasteiger partial charge in [0.25, 0.3) is 0 Å². The van der Waals surface area contributed by atoms with E-state index in [0.717, 1.165) is 24.2 Å². The number of quaternary nitrogens is 1. The van der Waals surface area contributed by atoms with Gasteiger partial charge in [-0.2, -0.15) is 0 Å². The number of hydrogen-bond acceptors (Lipinski definition) is 2. The van der Waals surface area contributed by atoms with Crippen LogP contribution in [0.15, 0.2) is 12.1 Å². The van der Waals surface area contributed by atoms with Gasteiger partial charge < -0.3 is 5.11 Å². The van der Waals surface area contributed by atoms with Gasteiger partial charge in [-0.1, -0.05) is 11.8 Å². The molecule has 0 radical (unpaired) electrons. The summed E-state index contributed by atoms with van der Waals surface area (Å²) in [5.41, 5.74) is 3.30. The Morgan fingerprint density at radius 2 is 2.20 bits per heavy atom. The highest BCUT2D eigenvalue weighted by Crippen LogP contribution is 2.30. The van der Waals surface area contributed by atoms with Crippen LogP contribution in [0.5, 0.6) is 5.75 Å². The molecule has 0 amide bonds. The van der Waals surface area contributed by atoms with Crippen molar-refractivity contribution in [2.75, 3.05) is 18.1 Å². The molecule has 0 spiro atoms. The Morgan fingerprint density at radius 1 is 1.33 bits per heavy atom. The number of aryl methyl sites for hydroxylation is 1. The maximum Gasteiger partial charge on any atom is 0.127 e. The zero-order valence-corrected chi connectivity index (χ0v) is 9.05. The summed E-state index contributed by atoms with van der Waals surface area (Å²) in [6, 6.07) is 3.92. The summed E-state index contributed by atoms with van der Waals surface area (Å²) in [7, 11) is 0. The summed E-state index contributed by atoms with van der Waals surface area (Å²) in [4.78, 5) is 0. The minimum Gasteiger partial charge on any atom is -0.872 e. The second kappa shape index (κ2) is 3.14. The molecular weight excluding hydrogens is 188 g/mol. The molecule has 0 aromatic heterocycles. The van der Waals surface area contributed by atoms with E-state index in [1.165, 1.54) is 30.1 Å². The molecule has 0 aliphatic carbocycles. The van der Waals surface area contributed by atoms with E-state index in [1.807, 2.05) is 6.92 Å². The number of nitrogens with zero attached hydrogens (tertiary/aromatic N) is 1. The van der Waals surface area contributed by atoms with E-state index in [1.54, 1.807) is 6.07 Å². The number of benzene rings is 1. The lowest BCUT2D eigenvalue weighted by molar-refractivity contribution is -0.921. The van der Waals surface area contributed by atoms with Crippen LogP contribution in [-0.4, -0.2) is 13.1 Å². The number of hydrogen-bond donors (Lipinski definition) is 1. The molecule has 2 aliphatic rings. The van der Waals surface area contributed by atoms with Gasteiger partial charge >= 0.3 is 0 Å². The third kappa shape index (κ3) is 1.30. The van der Waals surface area contributed by atoms with Crippen molar-refractivity contribution in [3.8, 4) is 5.75 Å². The van der Waals surface area contributed by atoms with Gasteiger partial charge in [-0.25, -0.2) is 10.0 Å². The first-order chi connectivity index (χ1) is 7.25. The van der Waals surface area contributed by atoms with E-state index >= 15 is 0 Å². The molecule has 3 rings (SSSR count). The highest BCUT2D eigenvalue weighted by molar-refractivity contribution is 5.60. The molecule has 15 heavy (non-hydrogen) atoms. The van der Waals surface area contributed by atoms with Crippen LogP contribution in [0, 0.1) is 6.92 Å². The molecule has 1 saturated heterocycles. The van der Waals surface area contributed by atoms with Crippen LogP contribution in [0.25, 0.3) is 0 Å². The third-order valence-electron chi connectivity index (χ3n) is 3.48. The van der Waals surface area contributed by atoms with Gasteiger partial charge in [0.05, 0.1) is 18.8 Å². The van der Waals surface area contributed by atoms with E-state index in [4.69, 9.17) is 0 Å². The van der Waals surface area contributed by atoms with Crippen molar-refractivity contribution < 1.29 is 10.1 Å². The molecule has 1 atom stereocenters. The van der Waals surface area contributed by atoms with Gasteiger partial charge in [-0.15, -0.1) is 0 Å². The van der Waals surface area contributed by atoms with Crippen LogP contribution in [0.2, 0.25) is 0 Å². The van der Waals surface area contributed by atoms with E-state index in [-0.39, 0.29) is 5.75 Å². The van der Waals surface area contributed by atoms with Crippen molar-refractivity contribution in [3.63, 3.8) is 0 Å². The lowest BCUT2D eigenvalue weighted by Crippen LogP contribution is -3.17. The molecule has 1 N–H and O–H groups in total. The number of fused-ring (bicyclic) bond motifs is 3. The Morgan fingerprint density at radius 3 is 3.07 bits per heavy atom. The van der Waals surface area contributed by atoms with Crippen LogP contribution in [0.1, 0.15) is 24.0 Å². The maximum absolute atomic E-state index is 11.8. The number of rotatable bonds is 0. The molecule has 0 bridgehead atoms. The largest absolute Gasteiger partial charge is 0.872 e. The Labute approximate surface area is 89.9 Å². The Balaban J connectivity index is 2.08. The molecular formula is C12H16N2O.